The lowest BCUT2D eigenvalue weighted by atomic mass is 10.1. The number of H-pyrrole nitrogens is 1. The maximum Gasteiger partial charge on any atom is 0.245 e. The van der Waals surface area contributed by atoms with Crippen molar-refractivity contribution in [3.05, 3.63) is 55.0 Å². The van der Waals surface area contributed by atoms with Crippen LogP contribution in [0, 0.1) is 5.92 Å². The summed E-state index contributed by atoms with van der Waals surface area (Å²) in [6, 6.07) is 12.3. The van der Waals surface area contributed by atoms with Crippen LogP contribution >= 0.6 is 0 Å². The lowest BCUT2D eigenvalue weighted by Crippen LogP contribution is -2.22. The van der Waals surface area contributed by atoms with Crippen molar-refractivity contribution in [3.63, 3.8) is 0 Å². The third-order valence-electron chi connectivity index (χ3n) is 5.52. The van der Waals surface area contributed by atoms with Crippen molar-refractivity contribution in [2.45, 2.75) is 32.4 Å². The van der Waals surface area contributed by atoms with E-state index in [2.05, 4.69) is 33.6 Å². The molecule has 1 unspecified atom stereocenters. The second-order valence-electron chi connectivity index (χ2n) is 7.47. The average Bonchev–Trinajstić information content (AvgIpc) is 3.08. The molecule has 142 valence electrons. The van der Waals surface area contributed by atoms with Gasteiger partial charge < -0.3 is 9.88 Å². The first kappa shape index (κ1) is 16.8. The molecule has 0 spiro atoms. The number of nitrogens with one attached hydrogen (secondary N) is 2. The third kappa shape index (κ3) is 3.09. The van der Waals surface area contributed by atoms with E-state index in [4.69, 9.17) is 0 Å². The Labute approximate surface area is 162 Å². The van der Waals surface area contributed by atoms with Crippen LogP contribution < -0.4 is 5.32 Å². The number of anilines is 1. The van der Waals surface area contributed by atoms with E-state index in [0.29, 0.717) is 12.0 Å². The Morgan fingerprint density at radius 1 is 1.25 bits per heavy atom. The SMILES string of the molecule is CC(C1CC1)n1nccc1NC(=O)Cn1ccc2cc(-c3ccn[nH]3)ccc21. The summed E-state index contributed by atoms with van der Waals surface area (Å²) in [6.07, 6.45) is 7.92. The van der Waals surface area contributed by atoms with Gasteiger partial charge in [0, 0.05) is 34.9 Å². The molecule has 1 aliphatic rings. The molecule has 1 saturated carbocycles. The van der Waals surface area contributed by atoms with Crippen molar-refractivity contribution in [1.82, 2.24) is 24.5 Å². The van der Waals surface area contributed by atoms with Gasteiger partial charge in [0.15, 0.2) is 0 Å². The minimum absolute atomic E-state index is 0.0557. The van der Waals surface area contributed by atoms with Crippen LogP contribution in [0.5, 0.6) is 0 Å². The Hall–Kier alpha value is -3.35. The van der Waals surface area contributed by atoms with Crippen LogP contribution in [0.4, 0.5) is 5.82 Å². The molecular weight excluding hydrogens is 352 g/mol. The number of hydrogen-bond donors (Lipinski definition) is 2. The molecule has 1 aromatic carbocycles. The van der Waals surface area contributed by atoms with Crippen LogP contribution in [0.3, 0.4) is 0 Å². The van der Waals surface area contributed by atoms with Crippen molar-refractivity contribution in [3.8, 4) is 11.3 Å². The van der Waals surface area contributed by atoms with Crippen molar-refractivity contribution in [1.29, 1.82) is 0 Å². The summed E-state index contributed by atoms with van der Waals surface area (Å²) in [5.74, 6) is 1.38. The molecule has 0 radical (unpaired) electrons. The van der Waals surface area contributed by atoms with Gasteiger partial charge in [0.25, 0.3) is 0 Å². The van der Waals surface area contributed by atoms with E-state index in [1.807, 2.05) is 45.8 Å². The fourth-order valence-corrected chi connectivity index (χ4v) is 3.78. The summed E-state index contributed by atoms with van der Waals surface area (Å²) in [7, 11) is 0. The first-order chi connectivity index (χ1) is 13.7. The fraction of sp³-hybridized carbons (Fsp3) is 0.286. The van der Waals surface area contributed by atoms with Gasteiger partial charge in [-0.05, 0) is 49.9 Å². The zero-order valence-corrected chi connectivity index (χ0v) is 15.7. The van der Waals surface area contributed by atoms with Gasteiger partial charge in [-0.25, -0.2) is 4.68 Å². The van der Waals surface area contributed by atoms with Gasteiger partial charge in [0.05, 0.1) is 17.9 Å². The van der Waals surface area contributed by atoms with Gasteiger partial charge in [-0.3, -0.25) is 9.89 Å². The maximum absolute atomic E-state index is 12.6. The second-order valence-corrected chi connectivity index (χ2v) is 7.47. The van der Waals surface area contributed by atoms with E-state index in [-0.39, 0.29) is 12.5 Å². The molecule has 4 aromatic rings. The normalized spacial score (nSPS) is 15.0. The average molecular weight is 374 g/mol. The first-order valence-electron chi connectivity index (χ1n) is 9.61. The fourth-order valence-electron chi connectivity index (χ4n) is 3.78. The standard InChI is InChI=1S/C21H22N6O/c1-14(15-2-3-15)27-20(7-10-23-27)24-21(28)13-26-11-8-17-12-16(4-5-19(17)26)18-6-9-22-25-18/h4-12,14-15H,2-3,13H2,1H3,(H,22,25)(H,24,28). The number of fused-ring (bicyclic) bond motifs is 1. The monoisotopic (exact) mass is 374 g/mol. The third-order valence-corrected chi connectivity index (χ3v) is 5.52. The maximum atomic E-state index is 12.6. The Balaban J connectivity index is 1.33. The molecule has 7 heteroatoms. The molecule has 0 aliphatic heterocycles. The predicted octanol–water partition coefficient (Wildman–Crippen LogP) is 3.84. The minimum atomic E-state index is -0.0557. The van der Waals surface area contributed by atoms with Crippen molar-refractivity contribution >= 4 is 22.6 Å². The predicted molar refractivity (Wildman–Crippen MR) is 108 cm³/mol. The Morgan fingerprint density at radius 2 is 2.14 bits per heavy atom. The zero-order chi connectivity index (χ0) is 19.1. The number of aromatic nitrogens is 5. The van der Waals surface area contributed by atoms with Gasteiger partial charge in [0.1, 0.15) is 12.4 Å². The molecule has 2 N–H and O–H groups in total. The van der Waals surface area contributed by atoms with Gasteiger partial charge in [-0.1, -0.05) is 6.07 Å². The smallest absolute Gasteiger partial charge is 0.245 e. The van der Waals surface area contributed by atoms with E-state index < -0.39 is 0 Å². The van der Waals surface area contributed by atoms with E-state index in [9.17, 15) is 4.79 Å². The second kappa shape index (κ2) is 6.67. The van der Waals surface area contributed by atoms with E-state index in [0.717, 1.165) is 28.0 Å². The lowest BCUT2D eigenvalue weighted by Gasteiger charge is -2.15. The summed E-state index contributed by atoms with van der Waals surface area (Å²) in [6.45, 7) is 2.42. The van der Waals surface area contributed by atoms with Crippen LogP contribution in [0.25, 0.3) is 22.2 Å². The van der Waals surface area contributed by atoms with Crippen molar-refractivity contribution in [2.24, 2.45) is 5.92 Å². The van der Waals surface area contributed by atoms with Crippen molar-refractivity contribution in [2.75, 3.05) is 5.32 Å². The highest BCUT2D eigenvalue weighted by molar-refractivity contribution is 5.92. The molecule has 0 bridgehead atoms. The van der Waals surface area contributed by atoms with Crippen LogP contribution in [0.2, 0.25) is 0 Å². The van der Waals surface area contributed by atoms with Crippen LogP contribution in [-0.4, -0.2) is 30.5 Å². The summed E-state index contributed by atoms with van der Waals surface area (Å²) in [5, 5.41) is 15.5. The highest BCUT2D eigenvalue weighted by atomic mass is 16.2. The number of carbonyl (C=O) groups is 1. The summed E-state index contributed by atoms with van der Waals surface area (Å²) < 4.78 is 3.90. The minimum Gasteiger partial charge on any atom is -0.338 e. The van der Waals surface area contributed by atoms with E-state index in [1.54, 1.807) is 12.4 Å². The van der Waals surface area contributed by atoms with E-state index >= 15 is 0 Å². The van der Waals surface area contributed by atoms with E-state index in [1.165, 1.54) is 12.8 Å². The van der Waals surface area contributed by atoms with Crippen LogP contribution in [-0.2, 0) is 11.3 Å². The number of benzene rings is 1. The molecule has 28 heavy (non-hydrogen) atoms. The molecule has 0 saturated heterocycles. The van der Waals surface area contributed by atoms with Crippen molar-refractivity contribution < 1.29 is 4.79 Å². The summed E-state index contributed by atoms with van der Waals surface area (Å²) >= 11 is 0. The van der Waals surface area contributed by atoms with Gasteiger partial charge in [0.2, 0.25) is 5.91 Å². The first-order valence-corrected chi connectivity index (χ1v) is 9.61. The van der Waals surface area contributed by atoms with Gasteiger partial charge >= 0.3 is 0 Å². The van der Waals surface area contributed by atoms with Gasteiger partial charge in [-0.15, -0.1) is 0 Å². The van der Waals surface area contributed by atoms with Gasteiger partial charge in [-0.2, -0.15) is 10.2 Å². The highest BCUT2D eigenvalue weighted by Gasteiger charge is 2.30. The number of amides is 1. The van der Waals surface area contributed by atoms with Crippen LogP contribution in [0.1, 0.15) is 25.8 Å². The molecule has 5 rings (SSSR count). The number of aromatic amines is 1. The largest absolute Gasteiger partial charge is 0.338 e. The molecule has 3 aromatic heterocycles. The molecular formula is C21H22N6O. The topological polar surface area (TPSA) is 80.5 Å². The molecule has 1 amide bonds. The molecule has 1 aliphatic carbocycles. The molecule has 1 atom stereocenters. The summed E-state index contributed by atoms with van der Waals surface area (Å²) in [5.41, 5.74) is 3.08. The molecule has 1 fully saturated rings. The number of nitrogens with zero attached hydrogens (tertiary/aromatic N) is 4. The molecule has 3 heterocycles. The van der Waals surface area contributed by atoms with Crippen LogP contribution in [0.15, 0.2) is 55.0 Å². The Kier molecular flexibility index (Phi) is 4.00. The summed E-state index contributed by atoms with van der Waals surface area (Å²) in [4.78, 5) is 12.6. The molecule has 7 nitrogen and oxygen atoms in total. The lowest BCUT2D eigenvalue weighted by molar-refractivity contribution is -0.116. The number of carbonyl (C=O) groups excluding carboxylic acids is 1. The Bertz CT molecular complexity index is 1120. The quantitative estimate of drug-likeness (QED) is 0.538. The highest BCUT2D eigenvalue weighted by Crippen LogP contribution is 2.40. The Morgan fingerprint density at radius 3 is 2.93 bits per heavy atom. The number of hydrogen-bond acceptors (Lipinski definition) is 3. The zero-order valence-electron chi connectivity index (χ0n) is 15.7. The number of rotatable bonds is 6.